The van der Waals surface area contributed by atoms with Crippen molar-refractivity contribution in [3.05, 3.63) is 38.0 Å². The number of hydrogen-bond donors (Lipinski definition) is 0. The van der Waals surface area contributed by atoms with Crippen LogP contribution in [0, 0.1) is 17.8 Å². The Hall–Kier alpha value is -2.37. The molecular weight excluding hydrogens is 781 g/mol. The molecule has 0 amide bonds. The first-order valence-electron chi connectivity index (χ1n) is 26.9. The highest BCUT2D eigenvalue weighted by atomic mass is 16.5. The van der Waals surface area contributed by atoms with Crippen molar-refractivity contribution in [1.29, 1.82) is 0 Å². The lowest BCUT2D eigenvalue weighted by molar-refractivity contribution is -0.138. The van der Waals surface area contributed by atoms with Gasteiger partial charge >= 0.3 is 17.9 Å². The van der Waals surface area contributed by atoms with E-state index in [0.717, 1.165) is 43.4 Å². The molecule has 0 spiro atoms. The molecule has 0 atom stereocenters. The number of carbonyl (C=O) groups excluding carboxylic acids is 3. The van der Waals surface area contributed by atoms with Gasteiger partial charge in [-0.2, -0.15) is 0 Å². The maximum Gasteiger partial charge on any atom is 0.330 e. The highest BCUT2D eigenvalue weighted by molar-refractivity contribution is 5.81. The summed E-state index contributed by atoms with van der Waals surface area (Å²) in [7, 11) is 0. The second-order valence-corrected chi connectivity index (χ2v) is 19.3. The van der Waals surface area contributed by atoms with Gasteiger partial charge in [0, 0.05) is 18.2 Å². The number of esters is 3. The van der Waals surface area contributed by atoms with Gasteiger partial charge in [-0.3, -0.25) is 0 Å². The highest BCUT2D eigenvalue weighted by Gasteiger charge is 2.01. The Morgan fingerprint density at radius 1 is 0.286 bits per heavy atom. The van der Waals surface area contributed by atoms with Crippen LogP contribution in [0.5, 0.6) is 0 Å². The van der Waals surface area contributed by atoms with Crippen LogP contribution in [0.2, 0.25) is 0 Å². The standard InChI is InChI=1S/C21H40O2.C19H36O2.C17H32O2/c1-4-21(22)23-19-17-15-13-11-9-7-5-6-8-10-12-14-16-18-20(2)3;1-4-19(20)21-17-15-13-11-9-7-5-6-8-10-12-14-16-18(2)3;1-4-17(18)19-15-13-11-9-7-5-6-8-10-12-14-16(2)3/h4,20H,1,5-19H2,2-3H3;4,18H,1,5-17H2,2-3H3;4,16H,1,5-15H2,2-3H3. The van der Waals surface area contributed by atoms with Gasteiger partial charge in [0.05, 0.1) is 19.8 Å². The Morgan fingerprint density at radius 3 is 0.571 bits per heavy atom. The normalized spacial score (nSPS) is 10.8. The molecule has 0 saturated carbocycles. The maximum absolute atomic E-state index is 10.8. The molecule has 0 N–H and O–H groups in total. The lowest BCUT2D eigenvalue weighted by Gasteiger charge is -2.05. The zero-order chi connectivity index (χ0) is 47.3. The summed E-state index contributed by atoms with van der Waals surface area (Å²) in [5, 5.41) is 0. The van der Waals surface area contributed by atoms with Crippen LogP contribution >= 0.6 is 0 Å². The zero-order valence-corrected chi connectivity index (χ0v) is 43.1. The maximum atomic E-state index is 10.8. The van der Waals surface area contributed by atoms with Crippen LogP contribution in [0.25, 0.3) is 0 Å². The zero-order valence-electron chi connectivity index (χ0n) is 43.1. The molecule has 0 saturated heterocycles. The van der Waals surface area contributed by atoms with Crippen LogP contribution in [0.3, 0.4) is 0 Å². The molecule has 0 heterocycles. The third kappa shape index (κ3) is 66.4. The first-order valence-corrected chi connectivity index (χ1v) is 26.9. The van der Waals surface area contributed by atoms with Crippen molar-refractivity contribution >= 4 is 17.9 Å². The molecule has 0 rings (SSSR count). The average molecular weight is 889 g/mol. The van der Waals surface area contributed by atoms with Crippen molar-refractivity contribution in [1.82, 2.24) is 0 Å². The monoisotopic (exact) mass is 889 g/mol. The molecule has 0 bridgehead atoms. The summed E-state index contributed by atoms with van der Waals surface area (Å²) in [6.07, 6.45) is 51.5. The van der Waals surface area contributed by atoms with Crippen LogP contribution in [-0.4, -0.2) is 37.7 Å². The minimum atomic E-state index is -0.304. The van der Waals surface area contributed by atoms with Gasteiger partial charge in [-0.1, -0.05) is 273 Å². The molecule has 0 aliphatic heterocycles. The lowest BCUT2D eigenvalue weighted by atomic mass is 10.0. The van der Waals surface area contributed by atoms with E-state index in [-0.39, 0.29) is 17.9 Å². The van der Waals surface area contributed by atoms with Crippen LogP contribution in [0.4, 0.5) is 0 Å². The fourth-order valence-electron chi connectivity index (χ4n) is 7.43. The number of unbranched alkanes of at least 4 members (excludes halogenated alkanes) is 30. The first kappa shape index (κ1) is 64.9. The van der Waals surface area contributed by atoms with Gasteiger partial charge in [0.1, 0.15) is 0 Å². The van der Waals surface area contributed by atoms with Crippen molar-refractivity contribution in [3.63, 3.8) is 0 Å². The summed E-state index contributed by atoms with van der Waals surface area (Å²) in [4.78, 5) is 32.4. The van der Waals surface area contributed by atoms with Crippen LogP contribution in [-0.2, 0) is 28.6 Å². The SMILES string of the molecule is C=CC(=O)OCCCCCCCCCCCC(C)C.C=CC(=O)OCCCCCCCCCCCCCC(C)C.C=CC(=O)OCCCCCCCCCCCCCCCC(C)C. The van der Waals surface area contributed by atoms with E-state index in [1.165, 1.54) is 224 Å². The summed E-state index contributed by atoms with van der Waals surface area (Å²) in [5.41, 5.74) is 0. The molecule has 6 nitrogen and oxygen atoms in total. The molecule has 372 valence electrons. The van der Waals surface area contributed by atoms with Crippen molar-refractivity contribution < 1.29 is 28.6 Å². The summed E-state index contributed by atoms with van der Waals surface area (Å²) in [6, 6.07) is 0. The van der Waals surface area contributed by atoms with Crippen molar-refractivity contribution in [2.24, 2.45) is 17.8 Å². The topological polar surface area (TPSA) is 78.9 Å². The predicted octanol–water partition coefficient (Wildman–Crippen LogP) is 18.2. The molecule has 0 aliphatic rings. The Balaban J connectivity index is -0.000000861. The highest BCUT2D eigenvalue weighted by Crippen LogP contribution is 2.16. The van der Waals surface area contributed by atoms with Crippen molar-refractivity contribution in [2.45, 2.75) is 273 Å². The molecule has 0 aromatic rings. The van der Waals surface area contributed by atoms with E-state index < -0.39 is 0 Å². The van der Waals surface area contributed by atoms with E-state index in [9.17, 15) is 14.4 Å². The van der Waals surface area contributed by atoms with Gasteiger partial charge in [-0.15, -0.1) is 0 Å². The van der Waals surface area contributed by atoms with E-state index in [2.05, 4.69) is 61.3 Å². The Morgan fingerprint density at radius 2 is 0.429 bits per heavy atom. The summed E-state index contributed by atoms with van der Waals surface area (Å²) in [5.74, 6) is 1.69. The lowest BCUT2D eigenvalue weighted by Crippen LogP contribution is -2.01. The van der Waals surface area contributed by atoms with E-state index in [1.54, 1.807) is 0 Å². The first-order chi connectivity index (χ1) is 30.5. The molecule has 63 heavy (non-hydrogen) atoms. The Labute approximate surface area is 393 Å². The largest absolute Gasteiger partial charge is 0.463 e. The quantitative estimate of drug-likeness (QED) is 0.0262. The van der Waals surface area contributed by atoms with Crippen LogP contribution < -0.4 is 0 Å². The van der Waals surface area contributed by atoms with Crippen molar-refractivity contribution in [3.8, 4) is 0 Å². The van der Waals surface area contributed by atoms with Gasteiger partial charge < -0.3 is 14.2 Å². The summed E-state index contributed by atoms with van der Waals surface area (Å²) >= 11 is 0. The fourth-order valence-corrected chi connectivity index (χ4v) is 7.43. The molecule has 0 radical (unpaired) electrons. The van der Waals surface area contributed by atoms with E-state index >= 15 is 0 Å². The predicted molar refractivity (Wildman–Crippen MR) is 274 cm³/mol. The number of hydrogen-bond acceptors (Lipinski definition) is 6. The van der Waals surface area contributed by atoms with Crippen LogP contribution in [0.15, 0.2) is 38.0 Å². The molecular formula is C57H108O6. The minimum Gasteiger partial charge on any atom is -0.463 e. The fraction of sp³-hybridized carbons (Fsp3) is 0.842. The van der Waals surface area contributed by atoms with Gasteiger partial charge in [0.15, 0.2) is 0 Å². The van der Waals surface area contributed by atoms with Crippen LogP contribution in [0.1, 0.15) is 273 Å². The van der Waals surface area contributed by atoms with Crippen molar-refractivity contribution in [2.75, 3.05) is 19.8 Å². The molecule has 0 aliphatic carbocycles. The Kier molecular flexibility index (Phi) is 57.5. The molecule has 0 aromatic carbocycles. The molecule has 0 unspecified atom stereocenters. The van der Waals surface area contributed by atoms with Gasteiger partial charge in [-0.05, 0) is 37.0 Å². The smallest absolute Gasteiger partial charge is 0.330 e. The minimum absolute atomic E-state index is 0.301. The number of carbonyl (C=O) groups is 3. The van der Waals surface area contributed by atoms with Gasteiger partial charge in [-0.25, -0.2) is 14.4 Å². The molecule has 6 heteroatoms. The van der Waals surface area contributed by atoms with E-state index in [1.807, 2.05) is 0 Å². The van der Waals surface area contributed by atoms with Gasteiger partial charge in [0.2, 0.25) is 0 Å². The number of ether oxygens (including phenoxy) is 3. The molecule has 0 aromatic heterocycles. The molecule has 0 fully saturated rings. The third-order valence-corrected chi connectivity index (χ3v) is 11.5. The van der Waals surface area contributed by atoms with Gasteiger partial charge in [0.25, 0.3) is 0 Å². The average Bonchev–Trinajstić information content (AvgIpc) is 3.26. The van der Waals surface area contributed by atoms with E-state index in [0.29, 0.717) is 19.8 Å². The van der Waals surface area contributed by atoms with E-state index in [4.69, 9.17) is 14.2 Å². The Bertz CT molecular complexity index is 985. The second-order valence-electron chi connectivity index (χ2n) is 19.3. The summed E-state index contributed by atoms with van der Waals surface area (Å²) in [6.45, 7) is 25.6. The third-order valence-electron chi connectivity index (χ3n) is 11.5. The second kappa shape index (κ2) is 55.8. The summed E-state index contributed by atoms with van der Waals surface area (Å²) < 4.78 is 14.8. The number of rotatable bonds is 45.